The van der Waals surface area contributed by atoms with E-state index in [0.29, 0.717) is 73.0 Å². The lowest BCUT2D eigenvalue weighted by Crippen LogP contribution is -2.50. The molecule has 7 rings (SSSR count). The van der Waals surface area contributed by atoms with Gasteiger partial charge in [0.25, 0.3) is 0 Å². The summed E-state index contributed by atoms with van der Waals surface area (Å²) in [6.07, 6.45) is 11.1. The SMILES string of the molecule is COc1cc2c(Oc3ccc(NC(=O)C4(C(=O)Nc5ccc(F)cc5)CC4)cc3)ccnc2cc1-c1cnn(C2CCN(C(=O)CCCCCN[C@H](C(N)=O)C(C)(C)C)CC2)c1. The van der Waals surface area contributed by atoms with Gasteiger partial charge in [0.2, 0.25) is 23.6 Å². The summed E-state index contributed by atoms with van der Waals surface area (Å²) >= 11 is 0. The number of methoxy groups -OCH3 is 1. The van der Waals surface area contributed by atoms with E-state index in [1.54, 1.807) is 43.6 Å². The van der Waals surface area contributed by atoms with Crippen LogP contribution in [0.25, 0.3) is 22.0 Å². The Hall–Kier alpha value is -6.35. The second kappa shape index (κ2) is 18.7. The maximum Gasteiger partial charge on any atom is 0.240 e. The van der Waals surface area contributed by atoms with Crippen LogP contribution in [0.1, 0.15) is 78.2 Å². The van der Waals surface area contributed by atoms with Crippen LogP contribution in [-0.2, 0) is 19.2 Å². The maximum absolute atomic E-state index is 13.3. The van der Waals surface area contributed by atoms with Crippen molar-refractivity contribution in [2.24, 2.45) is 16.6 Å². The van der Waals surface area contributed by atoms with Crippen molar-refractivity contribution >= 4 is 45.9 Å². The Morgan fingerprint density at radius 2 is 1.56 bits per heavy atom. The number of aromatic nitrogens is 3. The van der Waals surface area contributed by atoms with Gasteiger partial charge in [0.15, 0.2) is 0 Å². The molecule has 0 radical (unpaired) electrons. The van der Waals surface area contributed by atoms with Crippen molar-refractivity contribution in [2.45, 2.75) is 84.2 Å². The molecule has 1 saturated heterocycles. The van der Waals surface area contributed by atoms with Crippen LogP contribution in [0.4, 0.5) is 15.8 Å². The first-order valence-corrected chi connectivity index (χ1v) is 21.2. The Labute approximate surface area is 360 Å². The summed E-state index contributed by atoms with van der Waals surface area (Å²) in [7, 11) is 1.62. The predicted octanol–water partition coefficient (Wildman–Crippen LogP) is 7.61. The van der Waals surface area contributed by atoms with Gasteiger partial charge >= 0.3 is 0 Å². The van der Waals surface area contributed by atoms with E-state index < -0.39 is 23.0 Å². The van der Waals surface area contributed by atoms with Gasteiger partial charge in [-0.25, -0.2) is 4.39 Å². The molecule has 3 heterocycles. The summed E-state index contributed by atoms with van der Waals surface area (Å²) in [5.41, 5.74) is 7.49. The molecule has 14 nitrogen and oxygen atoms in total. The number of nitrogens with zero attached hydrogens (tertiary/aromatic N) is 4. The number of nitrogens with one attached hydrogen (secondary N) is 3. The lowest BCUT2D eigenvalue weighted by Gasteiger charge is -2.32. The highest BCUT2D eigenvalue weighted by Gasteiger charge is 2.56. The number of carbonyl (C=O) groups is 4. The fraction of sp³-hybridized carbons (Fsp3) is 0.404. The lowest BCUT2D eigenvalue weighted by molar-refractivity contribution is -0.133. The topological polar surface area (TPSA) is 183 Å². The molecule has 15 heteroatoms. The zero-order valence-electron chi connectivity index (χ0n) is 35.7. The highest BCUT2D eigenvalue weighted by molar-refractivity contribution is 6.17. The van der Waals surface area contributed by atoms with E-state index in [1.807, 2.05) is 54.9 Å². The molecule has 0 unspecified atom stereocenters. The van der Waals surface area contributed by atoms with Crippen molar-refractivity contribution in [2.75, 3.05) is 37.4 Å². The first kappa shape index (κ1) is 43.7. The Kier molecular flexibility index (Phi) is 13.2. The fourth-order valence-electron chi connectivity index (χ4n) is 7.95. The zero-order chi connectivity index (χ0) is 44.0. The largest absolute Gasteiger partial charge is 0.496 e. The van der Waals surface area contributed by atoms with Crippen molar-refractivity contribution < 1.29 is 33.0 Å². The number of hydrogen-bond acceptors (Lipinski definition) is 9. The first-order chi connectivity index (χ1) is 29.7. The van der Waals surface area contributed by atoms with E-state index in [9.17, 15) is 23.6 Å². The van der Waals surface area contributed by atoms with Gasteiger partial charge in [-0.15, -0.1) is 0 Å². The predicted molar refractivity (Wildman–Crippen MR) is 235 cm³/mol. The molecule has 3 aromatic carbocycles. The number of hydrogen-bond donors (Lipinski definition) is 4. The van der Waals surface area contributed by atoms with Gasteiger partial charge in [-0.2, -0.15) is 5.10 Å². The average Bonchev–Trinajstić information content (AvgIpc) is 3.93. The molecule has 1 atom stereocenters. The van der Waals surface area contributed by atoms with E-state index in [2.05, 4.69) is 20.9 Å². The third kappa shape index (κ3) is 10.2. The summed E-state index contributed by atoms with van der Waals surface area (Å²) in [5.74, 6) is 0.314. The number of fused-ring (bicyclic) bond motifs is 1. The van der Waals surface area contributed by atoms with Gasteiger partial charge in [0.05, 0.1) is 30.9 Å². The molecule has 62 heavy (non-hydrogen) atoms. The summed E-state index contributed by atoms with van der Waals surface area (Å²) in [5, 5.41) is 14.3. The van der Waals surface area contributed by atoms with Gasteiger partial charge in [-0.1, -0.05) is 27.2 Å². The number of likely N-dealkylation sites (tertiary alicyclic amines) is 1. The highest BCUT2D eigenvalue weighted by Crippen LogP contribution is 2.48. The number of pyridine rings is 1. The monoisotopic (exact) mass is 846 g/mol. The number of anilines is 2. The van der Waals surface area contributed by atoms with Crippen LogP contribution in [0.2, 0.25) is 0 Å². The van der Waals surface area contributed by atoms with Crippen LogP contribution in [0, 0.1) is 16.6 Å². The third-order valence-corrected chi connectivity index (χ3v) is 11.8. The van der Waals surface area contributed by atoms with Gasteiger partial charge in [0.1, 0.15) is 28.5 Å². The van der Waals surface area contributed by atoms with Gasteiger partial charge in [-0.05, 0) is 117 Å². The smallest absolute Gasteiger partial charge is 0.240 e. The molecule has 4 amide bonds. The lowest BCUT2D eigenvalue weighted by atomic mass is 9.86. The number of primary amides is 1. The van der Waals surface area contributed by atoms with Gasteiger partial charge < -0.3 is 36.1 Å². The highest BCUT2D eigenvalue weighted by atomic mass is 19.1. The molecule has 2 aromatic heterocycles. The van der Waals surface area contributed by atoms with Crippen molar-refractivity contribution in [1.82, 2.24) is 25.0 Å². The van der Waals surface area contributed by atoms with Crippen molar-refractivity contribution in [1.29, 1.82) is 0 Å². The summed E-state index contributed by atoms with van der Waals surface area (Å²) < 4.78 is 27.4. The van der Waals surface area contributed by atoms with E-state index in [0.717, 1.165) is 48.6 Å². The zero-order valence-corrected chi connectivity index (χ0v) is 35.7. The molecule has 5 aromatic rings. The minimum absolute atomic E-state index is 0.159. The number of carbonyl (C=O) groups excluding carboxylic acids is 4. The molecule has 0 bridgehead atoms. The average molecular weight is 847 g/mol. The second-order valence-corrected chi connectivity index (χ2v) is 17.3. The molecule has 5 N–H and O–H groups in total. The Bertz CT molecular complexity index is 2400. The van der Waals surface area contributed by atoms with Crippen molar-refractivity contribution in [3.05, 3.63) is 91.1 Å². The van der Waals surface area contributed by atoms with Crippen molar-refractivity contribution in [3.8, 4) is 28.4 Å². The van der Waals surface area contributed by atoms with Crippen molar-refractivity contribution in [3.63, 3.8) is 0 Å². The van der Waals surface area contributed by atoms with E-state index in [1.165, 1.54) is 24.3 Å². The number of halogens is 1. The first-order valence-electron chi connectivity index (χ1n) is 21.2. The Morgan fingerprint density at radius 1 is 0.903 bits per heavy atom. The minimum Gasteiger partial charge on any atom is -0.496 e. The van der Waals surface area contributed by atoms with Crippen LogP contribution in [-0.4, -0.2) is 76.1 Å². The van der Waals surface area contributed by atoms with Crippen LogP contribution in [0.3, 0.4) is 0 Å². The summed E-state index contributed by atoms with van der Waals surface area (Å²) in [6.45, 7) is 8.00. The Morgan fingerprint density at radius 3 is 2.18 bits per heavy atom. The van der Waals surface area contributed by atoms with Crippen LogP contribution >= 0.6 is 0 Å². The number of piperidine rings is 1. The van der Waals surface area contributed by atoms with Crippen LogP contribution in [0.5, 0.6) is 17.2 Å². The third-order valence-electron chi connectivity index (χ3n) is 11.8. The number of benzene rings is 3. The van der Waals surface area contributed by atoms with Crippen LogP contribution in [0.15, 0.2) is 85.3 Å². The maximum atomic E-state index is 13.3. The number of amides is 4. The van der Waals surface area contributed by atoms with Gasteiger partial charge in [0, 0.05) is 59.8 Å². The fourth-order valence-corrected chi connectivity index (χ4v) is 7.95. The number of rotatable bonds is 17. The molecule has 1 saturated carbocycles. The molecule has 326 valence electrons. The molecule has 2 aliphatic rings. The normalized spacial score (nSPS) is 15.5. The van der Waals surface area contributed by atoms with Gasteiger partial charge in [-0.3, -0.25) is 28.8 Å². The molecule has 0 spiro atoms. The van der Waals surface area contributed by atoms with Crippen LogP contribution < -0.4 is 31.2 Å². The molecular weight excluding hydrogens is 792 g/mol. The molecule has 1 aliphatic carbocycles. The number of nitrogens with two attached hydrogens (primary N) is 1. The number of ether oxygens (including phenoxy) is 2. The standard InChI is InChI=1S/C47H55FN8O6/c1-46(2,3)42(43(49)58)51-22-7-5-6-8-41(57)55-24-18-34(19-25-55)56-29-30(28-52-56)36-26-38-37(27-40(36)61-4)39(17-23-50-38)62-35-15-13-33(14-16-35)54-45(60)47(20-21-47)44(59)53-32-11-9-31(48)10-12-32/h9-17,23,26-29,34,42,51H,5-8,18-22,24-25H2,1-4H3,(H2,49,58)(H,53,59)(H,54,60)/t42-/m1/s1. The van der Waals surface area contributed by atoms with E-state index >= 15 is 0 Å². The summed E-state index contributed by atoms with van der Waals surface area (Å²) in [4.78, 5) is 57.6. The Balaban J connectivity index is 0.914. The number of unbranched alkanes of at least 4 members (excludes halogenated alkanes) is 2. The second-order valence-electron chi connectivity index (χ2n) is 17.3. The van der Waals surface area contributed by atoms with E-state index in [-0.39, 0.29) is 29.3 Å². The van der Waals surface area contributed by atoms with E-state index in [4.69, 9.17) is 20.3 Å². The minimum atomic E-state index is -1.18. The summed E-state index contributed by atoms with van der Waals surface area (Å²) in [6, 6.07) is 17.7. The molecule has 2 fully saturated rings. The quantitative estimate of drug-likeness (QED) is 0.0541. The molecular formula is C47H55FN8O6. The molecule has 1 aliphatic heterocycles.